The number of thioether (sulfide) groups is 1. The molecule has 92 valence electrons. The second kappa shape index (κ2) is 6.75. The van der Waals surface area contributed by atoms with Crippen molar-refractivity contribution in [2.45, 2.75) is 18.9 Å². The lowest BCUT2D eigenvalue weighted by atomic mass is 10.1. The summed E-state index contributed by atoms with van der Waals surface area (Å²) in [5.41, 5.74) is 0. The molecule has 1 rings (SSSR count). The number of ether oxygens (including phenoxy) is 1. The molecule has 1 fully saturated rings. The lowest BCUT2D eigenvalue weighted by Crippen LogP contribution is -2.49. The molecule has 0 aliphatic carbocycles. The Morgan fingerprint density at radius 3 is 2.94 bits per heavy atom. The third-order valence-electron chi connectivity index (χ3n) is 2.48. The molecule has 1 atom stereocenters. The number of amides is 1. The van der Waals surface area contributed by atoms with Crippen LogP contribution in [0.4, 0.5) is 0 Å². The molecule has 1 N–H and O–H groups in total. The van der Waals surface area contributed by atoms with Gasteiger partial charge in [0, 0.05) is 18.7 Å². The number of carbonyl (C=O) groups is 2. The Bertz CT molecular complexity index is 259. The van der Waals surface area contributed by atoms with Gasteiger partial charge in [-0.05, 0) is 6.26 Å². The molecule has 6 heteroatoms. The molecule has 0 aromatic carbocycles. The number of carbonyl (C=O) groups excluding carboxylic acids is 1. The lowest BCUT2D eigenvalue weighted by Gasteiger charge is -2.34. The number of hydrogen-bond acceptors (Lipinski definition) is 4. The van der Waals surface area contributed by atoms with E-state index in [1.54, 1.807) is 16.7 Å². The molecule has 1 aliphatic rings. The summed E-state index contributed by atoms with van der Waals surface area (Å²) in [5.74, 6) is -0.0854. The molecule has 1 heterocycles. The molecule has 1 aliphatic heterocycles. The second-order valence-corrected chi connectivity index (χ2v) is 4.64. The minimum Gasteiger partial charge on any atom is -0.481 e. The summed E-state index contributed by atoms with van der Waals surface area (Å²) < 4.78 is 5.21. The molecule has 0 aromatic rings. The van der Waals surface area contributed by atoms with E-state index in [4.69, 9.17) is 9.84 Å². The van der Waals surface area contributed by atoms with Crippen LogP contribution in [0.5, 0.6) is 0 Å². The van der Waals surface area contributed by atoms with Crippen LogP contribution in [0.2, 0.25) is 0 Å². The van der Waals surface area contributed by atoms with Gasteiger partial charge in [-0.1, -0.05) is 0 Å². The van der Waals surface area contributed by atoms with Crippen molar-refractivity contribution in [3.63, 3.8) is 0 Å². The standard InChI is InChI=1S/C10H17NO4S/c1-16-5-2-9(12)11-3-4-15-7-8(11)6-10(13)14/h8H,2-7H2,1H3,(H,13,14). The molecule has 1 unspecified atom stereocenters. The summed E-state index contributed by atoms with van der Waals surface area (Å²) in [7, 11) is 0. The highest BCUT2D eigenvalue weighted by Gasteiger charge is 2.28. The number of carboxylic acid groups (broad SMARTS) is 1. The quantitative estimate of drug-likeness (QED) is 0.763. The molecule has 0 saturated carbocycles. The van der Waals surface area contributed by atoms with E-state index < -0.39 is 5.97 Å². The van der Waals surface area contributed by atoms with Crippen molar-refractivity contribution in [3.8, 4) is 0 Å². The van der Waals surface area contributed by atoms with Gasteiger partial charge in [-0.15, -0.1) is 0 Å². The Hall–Kier alpha value is -0.750. The third kappa shape index (κ3) is 4.02. The zero-order chi connectivity index (χ0) is 12.0. The number of morpholine rings is 1. The average molecular weight is 247 g/mol. The normalized spacial score (nSPS) is 20.8. The van der Waals surface area contributed by atoms with E-state index in [0.717, 1.165) is 5.75 Å². The van der Waals surface area contributed by atoms with Crippen molar-refractivity contribution in [3.05, 3.63) is 0 Å². The van der Waals surface area contributed by atoms with Gasteiger partial charge in [0.1, 0.15) is 0 Å². The molecule has 5 nitrogen and oxygen atoms in total. The summed E-state index contributed by atoms with van der Waals surface area (Å²) in [6, 6.07) is -0.305. The van der Waals surface area contributed by atoms with Crippen molar-refractivity contribution in [1.82, 2.24) is 4.90 Å². The van der Waals surface area contributed by atoms with E-state index >= 15 is 0 Å². The van der Waals surface area contributed by atoms with Crippen LogP contribution in [0.15, 0.2) is 0 Å². The van der Waals surface area contributed by atoms with E-state index in [1.165, 1.54) is 0 Å². The third-order valence-corrected chi connectivity index (χ3v) is 3.09. The fraction of sp³-hybridized carbons (Fsp3) is 0.800. The second-order valence-electron chi connectivity index (χ2n) is 3.66. The van der Waals surface area contributed by atoms with Gasteiger partial charge in [0.2, 0.25) is 5.91 Å². The van der Waals surface area contributed by atoms with Gasteiger partial charge in [0.15, 0.2) is 0 Å². The highest BCUT2D eigenvalue weighted by Crippen LogP contribution is 2.13. The number of nitrogens with zero attached hydrogens (tertiary/aromatic N) is 1. The fourth-order valence-corrected chi connectivity index (χ4v) is 2.07. The van der Waals surface area contributed by atoms with Crippen LogP contribution in [0.3, 0.4) is 0 Å². The van der Waals surface area contributed by atoms with Crippen LogP contribution in [0, 0.1) is 0 Å². The Labute approximate surface area is 99.1 Å². The number of hydrogen-bond donors (Lipinski definition) is 1. The van der Waals surface area contributed by atoms with Crippen LogP contribution in [-0.4, -0.2) is 59.7 Å². The zero-order valence-electron chi connectivity index (χ0n) is 9.35. The molecule has 0 radical (unpaired) electrons. The van der Waals surface area contributed by atoms with E-state index in [0.29, 0.717) is 26.2 Å². The predicted molar refractivity (Wildman–Crippen MR) is 61.6 cm³/mol. The summed E-state index contributed by atoms with van der Waals surface area (Å²) in [6.07, 6.45) is 2.38. The number of rotatable bonds is 5. The SMILES string of the molecule is CSCCC(=O)N1CCOCC1CC(=O)O. The van der Waals surface area contributed by atoms with Crippen LogP contribution in [-0.2, 0) is 14.3 Å². The molecule has 0 bridgehead atoms. The van der Waals surface area contributed by atoms with Crippen molar-refractivity contribution < 1.29 is 19.4 Å². The van der Waals surface area contributed by atoms with Gasteiger partial charge in [0.05, 0.1) is 25.7 Å². The maximum Gasteiger partial charge on any atom is 0.305 e. The lowest BCUT2D eigenvalue weighted by molar-refractivity contribution is -0.146. The largest absolute Gasteiger partial charge is 0.481 e. The molecule has 0 aromatic heterocycles. The van der Waals surface area contributed by atoms with E-state index in [1.807, 2.05) is 6.26 Å². The van der Waals surface area contributed by atoms with Crippen LogP contribution < -0.4 is 0 Å². The Morgan fingerprint density at radius 1 is 1.56 bits per heavy atom. The van der Waals surface area contributed by atoms with Gasteiger partial charge >= 0.3 is 5.97 Å². The Kier molecular flexibility index (Phi) is 5.62. The summed E-state index contributed by atoms with van der Waals surface area (Å²) >= 11 is 1.61. The first kappa shape index (κ1) is 13.3. The summed E-state index contributed by atoms with van der Waals surface area (Å²) in [4.78, 5) is 24.1. The van der Waals surface area contributed by atoms with E-state index in [9.17, 15) is 9.59 Å². The van der Waals surface area contributed by atoms with Gasteiger partial charge in [-0.3, -0.25) is 9.59 Å². The van der Waals surface area contributed by atoms with Crippen molar-refractivity contribution in [1.29, 1.82) is 0 Å². The van der Waals surface area contributed by atoms with E-state index in [2.05, 4.69) is 0 Å². The van der Waals surface area contributed by atoms with Gasteiger partial charge < -0.3 is 14.7 Å². The van der Waals surface area contributed by atoms with Crippen LogP contribution >= 0.6 is 11.8 Å². The van der Waals surface area contributed by atoms with E-state index in [-0.39, 0.29) is 18.4 Å². The minimum absolute atomic E-state index is 0.0314. The fourth-order valence-electron chi connectivity index (χ4n) is 1.69. The summed E-state index contributed by atoms with van der Waals surface area (Å²) in [5, 5.41) is 8.74. The maximum absolute atomic E-state index is 11.8. The monoisotopic (exact) mass is 247 g/mol. The van der Waals surface area contributed by atoms with Gasteiger partial charge in [-0.25, -0.2) is 0 Å². The Balaban J connectivity index is 2.51. The molecular formula is C10H17NO4S. The predicted octanol–water partition coefficient (Wildman–Crippen LogP) is 0.442. The molecular weight excluding hydrogens is 230 g/mol. The average Bonchev–Trinajstić information content (AvgIpc) is 2.26. The smallest absolute Gasteiger partial charge is 0.305 e. The Morgan fingerprint density at radius 2 is 2.31 bits per heavy atom. The summed E-state index contributed by atoms with van der Waals surface area (Å²) in [6.45, 7) is 1.34. The first-order valence-corrected chi connectivity index (χ1v) is 6.62. The molecule has 16 heavy (non-hydrogen) atoms. The molecule has 0 spiro atoms. The first-order valence-electron chi connectivity index (χ1n) is 5.23. The number of carboxylic acids is 1. The topological polar surface area (TPSA) is 66.8 Å². The van der Waals surface area contributed by atoms with Crippen LogP contribution in [0.1, 0.15) is 12.8 Å². The van der Waals surface area contributed by atoms with Crippen molar-refractivity contribution in [2.75, 3.05) is 31.8 Å². The van der Waals surface area contributed by atoms with Gasteiger partial charge in [-0.2, -0.15) is 11.8 Å². The first-order chi connectivity index (χ1) is 7.65. The zero-order valence-corrected chi connectivity index (χ0v) is 10.2. The minimum atomic E-state index is -0.891. The highest BCUT2D eigenvalue weighted by molar-refractivity contribution is 7.98. The van der Waals surface area contributed by atoms with Crippen molar-refractivity contribution in [2.24, 2.45) is 0 Å². The maximum atomic E-state index is 11.8. The highest BCUT2D eigenvalue weighted by atomic mass is 32.2. The molecule has 1 saturated heterocycles. The van der Waals surface area contributed by atoms with Crippen molar-refractivity contribution >= 4 is 23.6 Å². The molecule has 1 amide bonds. The number of aliphatic carboxylic acids is 1. The van der Waals surface area contributed by atoms with Gasteiger partial charge in [0.25, 0.3) is 0 Å². The van der Waals surface area contributed by atoms with Crippen LogP contribution in [0.25, 0.3) is 0 Å².